The molecule has 2 amide bonds. The van der Waals surface area contributed by atoms with Crippen LogP contribution in [0.15, 0.2) is 30.7 Å². The van der Waals surface area contributed by atoms with Crippen molar-refractivity contribution >= 4 is 17.5 Å². The first-order valence-corrected chi connectivity index (χ1v) is 9.01. The molecule has 164 valence electrons. The lowest BCUT2D eigenvalue weighted by molar-refractivity contribution is -0.140. The van der Waals surface area contributed by atoms with Gasteiger partial charge in [-0.3, -0.25) is 9.59 Å². The van der Waals surface area contributed by atoms with Gasteiger partial charge < -0.3 is 20.9 Å². The van der Waals surface area contributed by atoms with E-state index in [-0.39, 0.29) is 35.2 Å². The number of carbonyl (C=O) groups is 2. The zero-order valence-corrected chi connectivity index (χ0v) is 16.6. The normalized spacial score (nSPS) is 11.4. The Morgan fingerprint density at radius 3 is 2.48 bits per heavy atom. The largest absolute Gasteiger partial charge is 0.435 e. The summed E-state index contributed by atoms with van der Waals surface area (Å²) in [5, 5.41) is 9.13. The Kier molecular flexibility index (Phi) is 5.95. The minimum atomic E-state index is -4.75. The van der Waals surface area contributed by atoms with Crippen molar-refractivity contribution in [3.05, 3.63) is 42.2 Å². The van der Waals surface area contributed by atoms with Crippen LogP contribution in [0.5, 0.6) is 0 Å². The predicted octanol–water partition coefficient (Wildman–Crippen LogP) is 1.33. The van der Waals surface area contributed by atoms with Gasteiger partial charge in [-0.15, -0.1) is 0 Å². The van der Waals surface area contributed by atoms with E-state index < -0.39 is 17.8 Å². The molecule has 3 aromatic rings. The summed E-state index contributed by atoms with van der Waals surface area (Å²) in [5.74, 6) is -1.03. The van der Waals surface area contributed by atoms with Gasteiger partial charge >= 0.3 is 6.18 Å². The highest BCUT2D eigenvalue weighted by Crippen LogP contribution is 2.36. The SMILES string of the molecule is CNC(=O)CCNc1ccc(-n2cc(-c3cnc(C(N)=O)n3C)c(C(F)(F)F)n2)nc1. The molecule has 0 aliphatic rings. The van der Waals surface area contributed by atoms with Crippen LogP contribution in [0.3, 0.4) is 0 Å². The number of imidazole rings is 1. The van der Waals surface area contributed by atoms with Crippen LogP contribution >= 0.6 is 0 Å². The summed E-state index contributed by atoms with van der Waals surface area (Å²) in [6.07, 6.45) is -0.787. The van der Waals surface area contributed by atoms with Crippen LogP contribution in [-0.4, -0.2) is 49.7 Å². The third kappa shape index (κ3) is 4.65. The van der Waals surface area contributed by atoms with Crippen LogP contribution < -0.4 is 16.4 Å². The van der Waals surface area contributed by atoms with Crippen LogP contribution in [0.1, 0.15) is 22.7 Å². The molecule has 0 saturated heterocycles. The number of carbonyl (C=O) groups excluding carboxylic acids is 2. The van der Waals surface area contributed by atoms with Gasteiger partial charge in [-0.2, -0.15) is 18.3 Å². The first-order valence-electron chi connectivity index (χ1n) is 9.01. The molecule has 0 aliphatic heterocycles. The van der Waals surface area contributed by atoms with E-state index >= 15 is 0 Å². The Hall–Kier alpha value is -3.90. The molecule has 3 heterocycles. The van der Waals surface area contributed by atoms with Crippen molar-refractivity contribution in [1.29, 1.82) is 0 Å². The van der Waals surface area contributed by atoms with E-state index in [0.29, 0.717) is 12.2 Å². The van der Waals surface area contributed by atoms with Crippen molar-refractivity contribution in [3.63, 3.8) is 0 Å². The number of aromatic nitrogens is 5. The number of hydrogen-bond acceptors (Lipinski definition) is 6. The third-order valence-electron chi connectivity index (χ3n) is 4.41. The van der Waals surface area contributed by atoms with Gasteiger partial charge in [-0.05, 0) is 12.1 Å². The number of hydrogen-bond donors (Lipinski definition) is 3. The Bertz CT molecular complexity index is 1100. The number of halogens is 3. The second-order valence-electron chi connectivity index (χ2n) is 6.48. The molecule has 0 bridgehead atoms. The van der Waals surface area contributed by atoms with Gasteiger partial charge in [-0.1, -0.05) is 0 Å². The highest BCUT2D eigenvalue weighted by Gasteiger charge is 2.38. The number of rotatable bonds is 7. The monoisotopic (exact) mass is 436 g/mol. The van der Waals surface area contributed by atoms with Crippen LogP contribution in [0.25, 0.3) is 17.1 Å². The topological polar surface area (TPSA) is 133 Å². The molecule has 0 atom stereocenters. The van der Waals surface area contributed by atoms with Gasteiger partial charge in [0.2, 0.25) is 5.91 Å². The Labute approximate surface area is 174 Å². The molecule has 0 aliphatic carbocycles. The van der Waals surface area contributed by atoms with E-state index in [4.69, 9.17) is 5.73 Å². The predicted molar refractivity (Wildman–Crippen MR) is 104 cm³/mol. The van der Waals surface area contributed by atoms with Gasteiger partial charge in [0.05, 0.1) is 29.3 Å². The van der Waals surface area contributed by atoms with Gasteiger partial charge in [-0.25, -0.2) is 14.6 Å². The maximum absolute atomic E-state index is 13.6. The fraction of sp³-hybridized carbons (Fsp3) is 0.278. The average Bonchev–Trinajstić information content (AvgIpc) is 3.32. The molecule has 13 heteroatoms. The van der Waals surface area contributed by atoms with Gasteiger partial charge in [0.1, 0.15) is 0 Å². The number of nitrogens with zero attached hydrogens (tertiary/aromatic N) is 5. The number of pyridine rings is 1. The lowest BCUT2D eigenvalue weighted by Crippen LogP contribution is -2.20. The second-order valence-corrected chi connectivity index (χ2v) is 6.48. The van der Waals surface area contributed by atoms with Crippen LogP contribution in [-0.2, 0) is 18.0 Å². The van der Waals surface area contributed by atoms with Crippen molar-refractivity contribution < 1.29 is 22.8 Å². The van der Waals surface area contributed by atoms with Crippen molar-refractivity contribution in [2.75, 3.05) is 18.9 Å². The lowest BCUT2D eigenvalue weighted by atomic mass is 10.2. The van der Waals surface area contributed by atoms with Gasteiger partial charge in [0, 0.05) is 33.3 Å². The molecule has 0 radical (unpaired) electrons. The molecule has 0 saturated carbocycles. The lowest BCUT2D eigenvalue weighted by Gasteiger charge is -2.07. The molecule has 0 fully saturated rings. The number of amides is 2. The summed E-state index contributed by atoms with van der Waals surface area (Å²) in [4.78, 5) is 30.5. The number of anilines is 1. The maximum atomic E-state index is 13.6. The summed E-state index contributed by atoms with van der Waals surface area (Å²) < 4.78 is 43.0. The average molecular weight is 436 g/mol. The highest BCUT2D eigenvalue weighted by molar-refractivity contribution is 5.90. The fourth-order valence-corrected chi connectivity index (χ4v) is 2.85. The van der Waals surface area contributed by atoms with Gasteiger partial charge in [0.25, 0.3) is 5.91 Å². The third-order valence-corrected chi connectivity index (χ3v) is 4.41. The molecule has 4 N–H and O–H groups in total. The van der Waals surface area contributed by atoms with E-state index in [1.54, 1.807) is 6.07 Å². The Balaban J connectivity index is 1.91. The highest BCUT2D eigenvalue weighted by atomic mass is 19.4. The van der Waals surface area contributed by atoms with E-state index in [1.807, 2.05) is 0 Å². The van der Waals surface area contributed by atoms with Crippen LogP contribution in [0, 0.1) is 0 Å². The number of primary amides is 1. The van der Waals surface area contributed by atoms with E-state index in [9.17, 15) is 22.8 Å². The molecule has 3 rings (SSSR count). The number of nitrogens with one attached hydrogen (secondary N) is 2. The molecule has 31 heavy (non-hydrogen) atoms. The summed E-state index contributed by atoms with van der Waals surface area (Å²) in [5.41, 5.74) is 4.39. The summed E-state index contributed by atoms with van der Waals surface area (Å²) in [7, 11) is 2.92. The summed E-state index contributed by atoms with van der Waals surface area (Å²) >= 11 is 0. The molecule has 0 unspecified atom stereocenters. The zero-order chi connectivity index (χ0) is 22.8. The quantitative estimate of drug-likeness (QED) is 0.512. The number of alkyl halides is 3. The molecule has 3 aromatic heterocycles. The van der Waals surface area contributed by atoms with Crippen molar-refractivity contribution in [3.8, 4) is 17.1 Å². The zero-order valence-electron chi connectivity index (χ0n) is 16.6. The minimum Gasteiger partial charge on any atom is -0.383 e. The standard InChI is InChI=1S/C18H19F3N8O2/c1-23-14(30)5-6-24-10-3-4-13(25-7-10)29-9-11(15(27-29)18(19,20)21)12-8-26-17(16(22)31)28(12)2/h3-4,7-9,24H,5-6H2,1-2H3,(H2,22,31)(H,23,30). The molecule has 0 spiro atoms. The van der Waals surface area contributed by atoms with Crippen molar-refractivity contribution in [2.24, 2.45) is 12.8 Å². The smallest absolute Gasteiger partial charge is 0.383 e. The summed E-state index contributed by atoms with van der Waals surface area (Å²) in [6, 6.07) is 3.09. The molecule has 0 aromatic carbocycles. The van der Waals surface area contributed by atoms with Crippen LogP contribution in [0.2, 0.25) is 0 Å². The van der Waals surface area contributed by atoms with Crippen LogP contribution in [0.4, 0.5) is 18.9 Å². The Morgan fingerprint density at radius 2 is 1.94 bits per heavy atom. The van der Waals surface area contributed by atoms with Gasteiger partial charge in [0.15, 0.2) is 17.3 Å². The first kappa shape index (κ1) is 21.8. The molecule has 10 nitrogen and oxygen atoms in total. The number of nitrogens with two attached hydrogens (primary N) is 1. The molecular weight excluding hydrogens is 417 g/mol. The maximum Gasteiger partial charge on any atom is 0.435 e. The van der Waals surface area contributed by atoms with E-state index in [2.05, 4.69) is 25.7 Å². The second kappa shape index (κ2) is 8.45. The first-order chi connectivity index (χ1) is 14.6. The van der Waals surface area contributed by atoms with Crippen molar-refractivity contribution in [2.45, 2.75) is 12.6 Å². The van der Waals surface area contributed by atoms with Crippen molar-refractivity contribution in [1.82, 2.24) is 29.6 Å². The summed E-state index contributed by atoms with van der Waals surface area (Å²) in [6.45, 7) is 0.369. The van der Waals surface area contributed by atoms with E-state index in [0.717, 1.165) is 17.1 Å². The fourth-order valence-electron chi connectivity index (χ4n) is 2.85. The minimum absolute atomic E-state index is 0.0277. The van der Waals surface area contributed by atoms with E-state index in [1.165, 1.54) is 30.9 Å². The Morgan fingerprint density at radius 1 is 1.19 bits per heavy atom. The molecular formula is C18H19F3N8O2.